The Hall–Kier alpha value is -7.36. The van der Waals surface area contributed by atoms with Gasteiger partial charge in [0, 0.05) is 44.2 Å². The van der Waals surface area contributed by atoms with E-state index in [1.807, 2.05) is 24.3 Å². The van der Waals surface area contributed by atoms with Crippen LogP contribution in [0.1, 0.15) is 0 Å². The van der Waals surface area contributed by atoms with Crippen molar-refractivity contribution in [3.8, 4) is 33.4 Å². The van der Waals surface area contributed by atoms with Crippen LogP contribution in [0.4, 0.5) is 17.1 Å². The summed E-state index contributed by atoms with van der Waals surface area (Å²) < 4.78 is 12.6. The highest BCUT2D eigenvalue weighted by molar-refractivity contribution is 6.10. The molecule has 55 heavy (non-hydrogen) atoms. The van der Waals surface area contributed by atoms with Gasteiger partial charge in [-0.3, -0.25) is 0 Å². The van der Waals surface area contributed by atoms with Crippen LogP contribution in [0.25, 0.3) is 88.0 Å². The fourth-order valence-corrected chi connectivity index (χ4v) is 8.11. The maximum absolute atomic E-state index is 6.41. The number of anilines is 3. The summed E-state index contributed by atoms with van der Waals surface area (Å²) in [5.41, 5.74) is 13.7. The molecule has 0 aliphatic heterocycles. The standard InChI is InChI=1S/C52H33NO2/c1-2-10-37-31-39(20-19-34(37)9-1)35-21-26-41(27-22-35)53(42-28-23-36(24-29-42)44-15-8-16-47-45-13-3-6-18-50(45)55-52(44)47)43-12-7-11-38(32-43)40-25-30-51-48(33-40)46-14-4-5-17-49(46)54-51/h1-33H. The summed E-state index contributed by atoms with van der Waals surface area (Å²) in [7, 11) is 0. The van der Waals surface area contributed by atoms with E-state index in [2.05, 4.69) is 181 Å². The molecular formula is C52H33NO2. The second-order valence-corrected chi connectivity index (χ2v) is 14.1. The lowest BCUT2D eigenvalue weighted by Crippen LogP contribution is -2.10. The van der Waals surface area contributed by atoms with Gasteiger partial charge in [0.25, 0.3) is 0 Å². The first kappa shape index (κ1) is 31.2. The molecule has 0 radical (unpaired) electrons. The summed E-state index contributed by atoms with van der Waals surface area (Å²) in [6.07, 6.45) is 0. The molecule has 2 heterocycles. The van der Waals surface area contributed by atoms with Crippen LogP contribution in [0.2, 0.25) is 0 Å². The van der Waals surface area contributed by atoms with Crippen LogP contribution in [-0.4, -0.2) is 0 Å². The van der Waals surface area contributed by atoms with Gasteiger partial charge in [-0.1, -0.05) is 133 Å². The number of para-hydroxylation sites is 3. The van der Waals surface area contributed by atoms with Crippen molar-refractivity contribution < 1.29 is 8.83 Å². The topological polar surface area (TPSA) is 29.5 Å². The highest BCUT2D eigenvalue weighted by Crippen LogP contribution is 2.41. The number of hydrogen-bond acceptors (Lipinski definition) is 3. The van der Waals surface area contributed by atoms with E-state index in [1.54, 1.807) is 0 Å². The van der Waals surface area contributed by atoms with Crippen LogP contribution in [0.15, 0.2) is 209 Å². The number of furan rings is 2. The molecule has 3 nitrogen and oxygen atoms in total. The number of nitrogens with zero attached hydrogens (tertiary/aromatic N) is 1. The van der Waals surface area contributed by atoms with E-state index in [9.17, 15) is 0 Å². The van der Waals surface area contributed by atoms with Crippen LogP contribution in [-0.2, 0) is 0 Å². The van der Waals surface area contributed by atoms with Gasteiger partial charge in [0.05, 0.1) is 0 Å². The Bertz CT molecular complexity index is 3200. The zero-order valence-electron chi connectivity index (χ0n) is 29.8. The van der Waals surface area contributed by atoms with Crippen molar-refractivity contribution in [3.05, 3.63) is 200 Å². The molecule has 0 N–H and O–H groups in total. The summed E-state index contributed by atoms with van der Waals surface area (Å²) in [4.78, 5) is 2.34. The molecular weight excluding hydrogens is 671 g/mol. The molecule has 0 atom stereocenters. The predicted molar refractivity (Wildman–Crippen MR) is 229 cm³/mol. The molecule has 11 aromatic rings. The maximum Gasteiger partial charge on any atom is 0.143 e. The SMILES string of the molecule is c1cc(-c2ccc3oc4ccccc4c3c2)cc(N(c2ccc(-c3ccc4ccccc4c3)cc2)c2ccc(-c3cccc4c3oc3ccccc34)cc2)c1. The molecule has 0 spiro atoms. The Labute approximate surface area is 317 Å². The molecule has 0 saturated carbocycles. The fourth-order valence-electron chi connectivity index (χ4n) is 8.11. The van der Waals surface area contributed by atoms with Gasteiger partial charge in [-0.2, -0.15) is 0 Å². The Morgan fingerprint density at radius 2 is 0.855 bits per heavy atom. The zero-order chi connectivity index (χ0) is 36.3. The normalized spacial score (nSPS) is 11.6. The van der Waals surface area contributed by atoms with E-state index >= 15 is 0 Å². The Balaban J connectivity index is 1.01. The lowest BCUT2D eigenvalue weighted by Gasteiger charge is -2.26. The van der Waals surface area contributed by atoms with E-state index in [0.717, 1.165) is 83.2 Å². The average molecular weight is 704 g/mol. The van der Waals surface area contributed by atoms with Crippen molar-refractivity contribution >= 4 is 71.7 Å². The number of fused-ring (bicyclic) bond motifs is 7. The molecule has 0 aliphatic rings. The van der Waals surface area contributed by atoms with Crippen molar-refractivity contribution in [2.24, 2.45) is 0 Å². The van der Waals surface area contributed by atoms with Gasteiger partial charge in [0.15, 0.2) is 0 Å². The van der Waals surface area contributed by atoms with Gasteiger partial charge >= 0.3 is 0 Å². The summed E-state index contributed by atoms with van der Waals surface area (Å²) in [5, 5.41) is 6.99. The van der Waals surface area contributed by atoms with Crippen molar-refractivity contribution in [2.45, 2.75) is 0 Å². The van der Waals surface area contributed by atoms with E-state index in [0.29, 0.717) is 0 Å². The van der Waals surface area contributed by atoms with Gasteiger partial charge in [-0.15, -0.1) is 0 Å². The third-order valence-corrected chi connectivity index (χ3v) is 10.9. The molecule has 2 aromatic heterocycles. The maximum atomic E-state index is 6.41. The third kappa shape index (κ3) is 5.36. The van der Waals surface area contributed by atoms with Crippen LogP contribution >= 0.6 is 0 Å². The molecule has 9 aromatic carbocycles. The van der Waals surface area contributed by atoms with E-state index < -0.39 is 0 Å². The van der Waals surface area contributed by atoms with Gasteiger partial charge < -0.3 is 13.7 Å². The quantitative estimate of drug-likeness (QED) is 0.173. The summed E-state index contributed by atoms with van der Waals surface area (Å²) in [6.45, 7) is 0. The second kappa shape index (κ2) is 12.6. The molecule has 0 bridgehead atoms. The van der Waals surface area contributed by atoms with E-state index in [1.165, 1.54) is 21.9 Å². The minimum atomic E-state index is 0.896. The smallest absolute Gasteiger partial charge is 0.143 e. The minimum Gasteiger partial charge on any atom is -0.456 e. The zero-order valence-corrected chi connectivity index (χ0v) is 29.8. The molecule has 0 aliphatic carbocycles. The lowest BCUT2D eigenvalue weighted by molar-refractivity contribution is 0.669. The van der Waals surface area contributed by atoms with Crippen LogP contribution in [0.3, 0.4) is 0 Å². The summed E-state index contributed by atoms with van der Waals surface area (Å²) >= 11 is 0. The first-order valence-electron chi connectivity index (χ1n) is 18.7. The molecule has 0 amide bonds. The lowest BCUT2D eigenvalue weighted by atomic mass is 9.99. The number of benzene rings is 9. The van der Waals surface area contributed by atoms with Crippen molar-refractivity contribution in [2.75, 3.05) is 4.90 Å². The van der Waals surface area contributed by atoms with E-state index in [-0.39, 0.29) is 0 Å². The number of hydrogen-bond donors (Lipinski definition) is 0. The molecule has 258 valence electrons. The van der Waals surface area contributed by atoms with Gasteiger partial charge in [0.1, 0.15) is 22.3 Å². The van der Waals surface area contributed by atoms with Crippen molar-refractivity contribution in [1.82, 2.24) is 0 Å². The number of rotatable bonds is 6. The van der Waals surface area contributed by atoms with E-state index in [4.69, 9.17) is 8.83 Å². The molecule has 0 fully saturated rings. The first-order chi connectivity index (χ1) is 27.2. The van der Waals surface area contributed by atoms with Crippen LogP contribution in [0, 0.1) is 0 Å². The molecule has 0 unspecified atom stereocenters. The average Bonchev–Trinajstić information content (AvgIpc) is 3.83. The van der Waals surface area contributed by atoms with Crippen molar-refractivity contribution in [3.63, 3.8) is 0 Å². The van der Waals surface area contributed by atoms with Gasteiger partial charge in [0.2, 0.25) is 0 Å². The highest BCUT2D eigenvalue weighted by atomic mass is 16.3. The van der Waals surface area contributed by atoms with Gasteiger partial charge in [-0.25, -0.2) is 0 Å². The Kier molecular flexibility index (Phi) is 7.17. The summed E-state index contributed by atoms with van der Waals surface area (Å²) in [5.74, 6) is 0. The monoisotopic (exact) mass is 703 g/mol. The Morgan fingerprint density at radius 1 is 0.291 bits per heavy atom. The second-order valence-electron chi connectivity index (χ2n) is 14.1. The fraction of sp³-hybridized carbons (Fsp3) is 0. The van der Waals surface area contributed by atoms with Crippen LogP contribution in [0.5, 0.6) is 0 Å². The molecule has 3 heteroatoms. The largest absolute Gasteiger partial charge is 0.456 e. The molecule has 0 saturated heterocycles. The Morgan fingerprint density at radius 3 is 1.65 bits per heavy atom. The molecule has 11 rings (SSSR count). The third-order valence-electron chi connectivity index (χ3n) is 10.9. The highest BCUT2D eigenvalue weighted by Gasteiger charge is 2.17. The van der Waals surface area contributed by atoms with Crippen molar-refractivity contribution in [1.29, 1.82) is 0 Å². The first-order valence-corrected chi connectivity index (χ1v) is 18.7. The predicted octanol–water partition coefficient (Wildman–Crippen LogP) is 15.1. The van der Waals surface area contributed by atoms with Crippen LogP contribution < -0.4 is 4.90 Å². The van der Waals surface area contributed by atoms with Gasteiger partial charge in [-0.05, 0) is 105 Å². The summed E-state index contributed by atoms with van der Waals surface area (Å²) in [6, 6.07) is 71.1. The minimum absolute atomic E-state index is 0.896.